The van der Waals surface area contributed by atoms with Crippen LogP contribution in [-0.2, 0) is 14.8 Å². The van der Waals surface area contributed by atoms with Crippen molar-refractivity contribution in [1.29, 1.82) is 0 Å². The smallest absolute Gasteiger partial charge is 0.269 e. The van der Waals surface area contributed by atoms with Crippen LogP contribution >= 0.6 is 22.9 Å². The molecular formula is C9H13ClN4O3S2. The van der Waals surface area contributed by atoms with Gasteiger partial charge in [-0.3, -0.25) is 4.79 Å². The Morgan fingerprint density at radius 1 is 1.47 bits per heavy atom. The summed E-state index contributed by atoms with van der Waals surface area (Å²) >= 11 is 6.59. The van der Waals surface area contributed by atoms with Crippen molar-refractivity contribution < 1.29 is 13.2 Å². The average Bonchev–Trinajstić information content (AvgIpc) is 2.98. The summed E-state index contributed by atoms with van der Waals surface area (Å²) in [4.78, 5) is 10.8. The zero-order valence-corrected chi connectivity index (χ0v) is 12.5. The Labute approximate surface area is 119 Å². The van der Waals surface area contributed by atoms with Gasteiger partial charge < -0.3 is 5.32 Å². The molecule has 7 nitrogen and oxygen atoms in total. The van der Waals surface area contributed by atoms with E-state index in [2.05, 4.69) is 20.2 Å². The quantitative estimate of drug-likeness (QED) is 0.595. The number of nitrogens with zero attached hydrogens (tertiary/aromatic N) is 2. The standard InChI is InChI=1S/C9H13ClN4O3S2/c1-6(15)12-7-13-14-8(18-7)19(16,17)11-5-9(4-10)2-3-9/h11H,2-5H2,1H3,(H,12,13,15). The van der Waals surface area contributed by atoms with E-state index in [0.29, 0.717) is 12.4 Å². The van der Waals surface area contributed by atoms with E-state index in [1.165, 1.54) is 6.92 Å². The Morgan fingerprint density at radius 3 is 2.68 bits per heavy atom. The first-order valence-electron chi connectivity index (χ1n) is 5.54. The van der Waals surface area contributed by atoms with Crippen LogP contribution in [0.4, 0.5) is 5.13 Å². The molecule has 1 aromatic rings. The summed E-state index contributed by atoms with van der Waals surface area (Å²) in [6, 6.07) is 0. The molecule has 0 aliphatic heterocycles. The van der Waals surface area contributed by atoms with Gasteiger partial charge in [0.05, 0.1) is 0 Å². The molecule has 2 N–H and O–H groups in total. The Morgan fingerprint density at radius 2 is 2.16 bits per heavy atom. The first-order valence-corrected chi connectivity index (χ1v) is 8.37. The predicted octanol–water partition coefficient (Wildman–Crippen LogP) is 0.794. The number of nitrogens with one attached hydrogen (secondary N) is 2. The molecule has 19 heavy (non-hydrogen) atoms. The number of anilines is 1. The Balaban J connectivity index is 2.02. The van der Waals surface area contributed by atoms with Gasteiger partial charge in [0.25, 0.3) is 10.0 Å². The molecule has 1 saturated carbocycles. The summed E-state index contributed by atoms with van der Waals surface area (Å²) in [7, 11) is -3.69. The molecule has 0 bridgehead atoms. The topological polar surface area (TPSA) is 101 Å². The third-order valence-corrected chi connectivity index (χ3v) is 5.97. The van der Waals surface area contributed by atoms with Gasteiger partial charge in [-0.1, -0.05) is 11.3 Å². The summed E-state index contributed by atoms with van der Waals surface area (Å²) in [5.74, 6) is 0.107. The molecule has 106 valence electrons. The van der Waals surface area contributed by atoms with Crippen LogP contribution in [0.25, 0.3) is 0 Å². The predicted molar refractivity (Wildman–Crippen MR) is 71.8 cm³/mol. The summed E-state index contributed by atoms with van der Waals surface area (Å²) in [6.07, 6.45) is 1.85. The molecule has 0 radical (unpaired) electrons. The fourth-order valence-electron chi connectivity index (χ4n) is 1.36. The average molecular weight is 325 g/mol. The second kappa shape index (κ2) is 5.31. The minimum absolute atomic E-state index is 0.111. The first-order chi connectivity index (χ1) is 8.87. The molecule has 0 aromatic carbocycles. The molecule has 0 atom stereocenters. The van der Waals surface area contributed by atoms with Crippen molar-refractivity contribution in [3.8, 4) is 0 Å². The molecular weight excluding hydrogens is 312 g/mol. The lowest BCUT2D eigenvalue weighted by atomic mass is 10.1. The maximum Gasteiger partial charge on any atom is 0.269 e. The van der Waals surface area contributed by atoms with Gasteiger partial charge in [-0.15, -0.1) is 21.8 Å². The van der Waals surface area contributed by atoms with E-state index in [-0.39, 0.29) is 20.8 Å². The van der Waals surface area contributed by atoms with E-state index in [9.17, 15) is 13.2 Å². The van der Waals surface area contributed by atoms with Gasteiger partial charge in [0.2, 0.25) is 15.4 Å². The van der Waals surface area contributed by atoms with Crippen LogP contribution in [0.2, 0.25) is 0 Å². The van der Waals surface area contributed by atoms with Crippen molar-refractivity contribution in [1.82, 2.24) is 14.9 Å². The molecule has 0 saturated heterocycles. The van der Waals surface area contributed by atoms with E-state index in [0.717, 1.165) is 24.2 Å². The van der Waals surface area contributed by atoms with Gasteiger partial charge in [-0.2, -0.15) is 0 Å². The number of hydrogen-bond acceptors (Lipinski definition) is 6. The monoisotopic (exact) mass is 324 g/mol. The summed E-state index contributed by atoms with van der Waals surface area (Å²) in [5, 5.41) is 9.70. The number of sulfonamides is 1. The normalized spacial score (nSPS) is 17.2. The van der Waals surface area contributed by atoms with Crippen LogP contribution in [0.1, 0.15) is 19.8 Å². The zero-order chi connectivity index (χ0) is 14.1. The highest BCUT2D eigenvalue weighted by atomic mass is 35.5. The van der Waals surface area contributed by atoms with Crippen molar-refractivity contribution in [2.75, 3.05) is 17.7 Å². The number of halogens is 1. The summed E-state index contributed by atoms with van der Waals surface area (Å²) in [5.41, 5.74) is -0.111. The highest BCUT2D eigenvalue weighted by molar-refractivity contribution is 7.91. The van der Waals surface area contributed by atoms with Crippen LogP contribution in [0.5, 0.6) is 0 Å². The number of carbonyl (C=O) groups excluding carboxylic acids is 1. The van der Waals surface area contributed by atoms with Crippen molar-refractivity contribution in [3.05, 3.63) is 0 Å². The minimum Gasteiger partial charge on any atom is -0.301 e. The van der Waals surface area contributed by atoms with Crippen LogP contribution < -0.4 is 10.0 Å². The lowest BCUT2D eigenvalue weighted by Crippen LogP contribution is -2.31. The Bertz CT molecular complexity index is 582. The second-order valence-corrected chi connectivity index (χ2v) is 7.70. The number of alkyl halides is 1. The molecule has 0 unspecified atom stereocenters. The minimum atomic E-state index is -3.69. The number of rotatable bonds is 6. The molecule has 2 rings (SSSR count). The van der Waals surface area contributed by atoms with Gasteiger partial charge >= 0.3 is 0 Å². The lowest BCUT2D eigenvalue weighted by molar-refractivity contribution is -0.114. The lowest BCUT2D eigenvalue weighted by Gasteiger charge is -2.10. The zero-order valence-electron chi connectivity index (χ0n) is 10.1. The van der Waals surface area contributed by atoms with Crippen LogP contribution in [0.15, 0.2) is 4.34 Å². The van der Waals surface area contributed by atoms with Gasteiger partial charge in [0.15, 0.2) is 0 Å². The summed E-state index contributed by atoms with van der Waals surface area (Å²) < 4.78 is 26.2. The molecule has 0 spiro atoms. The number of amides is 1. The van der Waals surface area contributed by atoms with E-state index in [1.54, 1.807) is 0 Å². The number of aromatic nitrogens is 2. The largest absolute Gasteiger partial charge is 0.301 e. The van der Waals surface area contributed by atoms with Crippen molar-refractivity contribution in [2.24, 2.45) is 5.41 Å². The fourth-order valence-corrected chi connectivity index (χ4v) is 3.87. The molecule has 10 heteroatoms. The number of carbonyl (C=O) groups is 1. The molecule has 1 aliphatic rings. The number of hydrogen-bond donors (Lipinski definition) is 2. The molecule has 1 aliphatic carbocycles. The van der Waals surface area contributed by atoms with Gasteiger partial charge in [-0.05, 0) is 18.3 Å². The molecule has 1 heterocycles. The van der Waals surface area contributed by atoms with E-state index in [4.69, 9.17) is 11.6 Å². The fraction of sp³-hybridized carbons (Fsp3) is 0.667. The van der Waals surface area contributed by atoms with Crippen molar-refractivity contribution in [2.45, 2.75) is 24.1 Å². The maximum atomic E-state index is 12.0. The molecule has 1 fully saturated rings. The molecule has 1 aromatic heterocycles. The third kappa shape index (κ3) is 3.62. The van der Waals surface area contributed by atoms with Gasteiger partial charge in [-0.25, -0.2) is 13.1 Å². The van der Waals surface area contributed by atoms with E-state index >= 15 is 0 Å². The maximum absolute atomic E-state index is 12.0. The molecule has 1 amide bonds. The highest BCUT2D eigenvalue weighted by Crippen LogP contribution is 2.46. The SMILES string of the molecule is CC(=O)Nc1nnc(S(=O)(=O)NCC2(CCl)CC2)s1. The van der Waals surface area contributed by atoms with Gasteiger partial charge in [0.1, 0.15) is 0 Å². The van der Waals surface area contributed by atoms with Crippen LogP contribution in [0.3, 0.4) is 0 Å². The van der Waals surface area contributed by atoms with Crippen molar-refractivity contribution >= 4 is 44.0 Å². The van der Waals surface area contributed by atoms with Crippen LogP contribution in [0, 0.1) is 5.41 Å². The highest BCUT2D eigenvalue weighted by Gasteiger charge is 2.42. The van der Waals surface area contributed by atoms with Crippen molar-refractivity contribution in [3.63, 3.8) is 0 Å². The van der Waals surface area contributed by atoms with Gasteiger partial charge in [0, 0.05) is 19.3 Å². The van der Waals surface area contributed by atoms with E-state index < -0.39 is 10.0 Å². The van der Waals surface area contributed by atoms with Crippen LogP contribution in [-0.4, -0.2) is 36.9 Å². The third-order valence-electron chi connectivity index (χ3n) is 2.80. The Kier molecular flexibility index (Phi) is 4.09. The van der Waals surface area contributed by atoms with E-state index in [1.807, 2.05) is 0 Å². The Hall–Kier alpha value is -0.770. The summed E-state index contributed by atoms with van der Waals surface area (Å²) in [6.45, 7) is 1.61. The second-order valence-electron chi connectivity index (χ2n) is 4.51. The first kappa shape index (κ1) is 14.6.